The highest BCUT2D eigenvalue weighted by Gasteiger charge is 2.12. The van der Waals surface area contributed by atoms with Gasteiger partial charge in [0.15, 0.2) is 17.3 Å². The quantitative estimate of drug-likeness (QED) is 0.541. The molecule has 0 aromatic carbocycles. The molecule has 4 heterocycles. The maximum absolute atomic E-state index is 12.2. The molecule has 0 saturated heterocycles. The van der Waals surface area contributed by atoms with Gasteiger partial charge in [-0.05, 0) is 46.7 Å². The fraction of sp³-hybridized carbons (Fsp3) is 0.0588. The molecule has 0 aliphatic carbocycles. The molecule has 4 aromatic rings. The second-order valence-electron chi connectivity index (χ2n) is 5.10. The van der Waals surface area contributed by atoms with E-state index in [1.54, 1.807) is 40.4 Å². The van der Waals surface area contributed by atoms with Crippen molar-refractivity contribution in [3.05, 3.63) is 71.1 Å². The Balaban J connectivity index is 1.63. The number of thiophene rings is 1. The van der Waals surface area contributed by atoms with Crippen LogP contribution in [0, 0.1) is 0 Å². The maximum Gasteiger partial charge on any atom is 0.172 e. The average molecular weight is 320 g/mol. The Hall–Kier alpha value is -2.86. The molecule has 0 atom stereocenters. The molecule has 6 heteroatoms. The average Bonchev–Trinajstić information content (AvgIpc) is 3.24. The zero-order chi connectivity index (χ0) is 15.6. The summed E-state index contributed by atoms with van der Waals surface area (Å²) >= 11 is 1.66. The summed E-state index contributed by atoms with van der Waals surface area (Å²) in [6.07, 6.45) is 5.31. The van der Waals surface area contributed by atoms with E-state index >= 15 is 0 Å². The van der Waals surface area contributed by atoms with Crippen molar-refractivity contribution < 1.29 is 4.79 Å². The summed E-state index contributed by atoms with van der Waals surface area (Å²) in [5, 5.41) is 8.55. The minimum atomic E-state index is -0.0351. The van der Waals surface area contributed by atoms with Gasteiger partial charge in [-0.2, -0.15) is 16.4 Å². The number of hydrogen-bond acceptors (Lipinski definition) is 5. The predicted molar refractivity (Wildman–Crippen MR) is 88.6 cm³/mol. The van der Waals surface area contributed by atoms with Crippen LogP contribution in [0.3, 0.4) is 0 Å². The van der Waals surface area contributed by atoms with Crippen molar-refractivity contribution in [1.29, 1.82) is 0 Å². The highest BCUT2D eigenvalue weighted by Crippen LogP contribution is 2.22. The van der Waals surface area contributed by atoms with Crippen molar-refractivity contribution >= 4 is 22.8 Å². The number of fused-ring (bicyclic) bond motifs is 1. The number of Topliss-reactive ketones (excluding diaryl/α,β-unsaturated/α-hetero) is 1. The van der Waals surface area contributed by atoms with Crippen molar-refractivity contribution in [3.8, 4) is 11.1 Å². The van der Waals surface area contributed by atoms with E-state index in [2.05, 4.69) is 26.5 Å². The third kappa shape index (κ3) is 2.76. The summed E-state index contributed by atoms with van der Waals surface area (Å²) in [6, 6.07) is 9.49. The zero-order valence-electron chi connectivity index (χ0n) is 12.1. The minimum Gasteiger partial charge on any atom is -0.294 e. The number of pyridine rings is 2. The largest absolute Gasteiger partial charge is 0.294 e. The van der Waals surface area contributed by atoms with Crippen LogP contribution in [0.1, 0.15) is 16.2 Å². The Kier molecular flexibility index (Phi) is 3.44. The first kappa shape index (κ1) is 13.8. The van der Waals surface area contributed by atoms with Crippen LogP contribution >= 0.6 is 11.3 Å². The first-order valence-corrected chi connectivity index (χ1v) is 8.05. The lowest BCUT2D eigenvalue weighted by Gasteiger charge is -1.97. The van der Waals surface area contributed by atoms with E-state index in [1.807, 2.05) is 23.7 Å². The van der Waals surface area contributed by atoms with Crippen LogP contribution in [-0.2, 0) is 6.42 Å². The van der Waals surface area contributed by atoms with Gasteiger partial charge in [0.05, 0.1) is 6.42 Å². The van der Waals surface area contributed by atoms with Crippen molar-refractivity contribution in [2.45, 2.75) is 6.42 Å². The van der Waals surface area contributed by atoms with Gasteiger partial charge < -0.3 is 0 Å². The molecule has 0 fully saturated rings. The van der Waals surface area contributed by atoms with Gasteiger partial charge in [0.2, 0.25) is 0 Å². The second-order valence-corrected chi connectivity index (χ2v) is 5.88. The van der Waals surface area contributed by atoms with Crippen LogP contribution in [0.2, 0.25) is 0 Å². The standard InChI is InChI=1S/C17H12N4OS/c22-15(12-2-1-6-18-9-12)8-16-19-17-4-3-13(10-21(17)20-16)14-5-7-23-11-14/h1-7,9-11H,8H2. The molecule has 0 bridgehead atoms. The molecule has 112 valence electrons. The highest BCUT2D eigenvalue weighted by atomic mass is 32.1. The number of ketones is 1. The Bertz CT molecular complexity index is 961. The van der Waals surface area contributed by atoms with Crippen molar-refractivity contribution in [3.63, 3.8) is 0 Å². The van der Waals surface area contributed by atoms with E-state index in [0.29, 0.717) is 11.4 Å². The molecule has 0 N–H and O–H groups in total. The van der Waals surface area contributed by atoms with Gasteiger partial charge in [-0.15, -0.1) is 0 Å². The minimum absolute atomic E-state index is 0.0351. The number of nitrogens with zero attached hydrogens (tertiary/aromatic N) is 4. The van der Waals surface area contributed by atoms with E-state index in [-0.39, 0.29) is 12.2 Å². The summed E-state index contributed by atoms with van der Waals surface area (Å²) in [5.74, 6) is 0.480. The lowest BCUT2D eigenvalue weighted by atomic mass is 10.1. The fourth-order valence-electron chi connectivity index (χ4n) is 2.38. The monoisotopic (exact) mass is 320 g/mol. The molecule has 4 aromatic heterocycles. The first-order chi connectivity index (χ1) is 11.3. The molecule has 0 aliphatic heterocycles. The Labute approximate surface area is 136 Å². The lowest BCUT2D eigenvalue weighted by Crippen LogP contribution is -2.05. The summed E-state index contributed by atoms with van der Waals surface area (Å²) in [4.78, 5) is 20.6. The first-order valence-electron chi connectivity index (χ1n) is 7.11. The fourth-order valence-corrected chi connectivity index (χ4v) is 3.04. The van der Waals surface area contributed by atoms with Crippen LogP contribution in [0.25, 0.3) is 16.8 Å². The molecule has 0 saturated carbocycles. The van der Waals surface area contributed by atoms with Crippen LogP contribution in [-0.4, -0.2) is 25.4 Å². The van der Waals surface area contributed by atoms with E-state index in [9.17, 15) is 4.79 Å². The molecule has 23 heavy (non-hydrogen) atoms. The number of aromatic nitrogens is 4. The molecule has 4 rings (SSSR count). The van der Waals surface area contributed by atoms with Crippen molar-refractivity contribution in [1.82, 2.24) is 19.6 Å². The van der Waals surface area contributed by atoms with Gasteiger partial charge in [-0.25, -0.2) is 9.50 Å². The van der Waals surface area contributed by atoms with Gasteiger partial charge in [0.25, 0.3) is 0 Å². The van der Waals surface area contributed by atoms with Gasteiger partial charge >= 0.3 is 0 Å². The van der Waals surface area contributed by atoms with E-state index < -0.39 is 0 Å². The van der Waals surface area contributed by atoms with Crippen LogP contribution in [0.15, 0.2) is 59.7 Å². The number of hydrogen-bond donors (Lipinski definition) is 0. The Morgan fingerprint density at radius 2 is 2.13 bits per heavy atom. The van der Waals surface area contributed by atoms with E-state index in [1.165, 1.54) is 0 Å². The molecule has 5 nitrogen and oxygen atoms in total. The third-order valence-electron chi connectivity index (χ3n) is 3.53. The molecule has 0 unspecified atom stereocenters. The number of carbonyl (C=O) groups is 1. The topological polar surface area (TPSA) is 60.2 Å². The van der Waals surface area contributed by atoms with Gasteiger partial charge in [-0.3, -0.25) is 9.78 Å². The van der Waals surface area contributed by atoms with Crippen molar-refractivity contribution in [2.75, 3.05) is 0 Å². The van der Waals surface area contributed by atoms with E-state index in [0.717, 1.165) is 16.8 Å². The molecule has 0 amide bonds. The molecule has 0 radical (unpaired) electrons. The summed E-state index contributed by atoms with van der Waals surface area (Å²) in [7, 11) is 0. The molecule has 0 spiro atoms. The predicted octanol–water partition coefficient (Wildman–Crippen LogP) is 3.28. The van der Waals surface area contributed by atoms with Gasteiger partial charge in [-0.1, -0.05) is 0 Å². The van der Waals surface area contributed by atoms with Gasteiger partial charge in [0, 0.05) is 29.7 Å². The second kappa shape index (κ2) is 5.73. The van der Waals surface area contributed by atoms with Crippen LogP contribution < -0.4 is 0 Å². The maximum atomic E-state index is 12.2. The summed E-state index contributed by atoms with van der Waals surface area (Å²) in [6.45, 7) is 0. The smallest absolute Gasteiger partial charge is 0.172 e. The summed E-state index contributed by atoms with van der Waals surface area (Å²) in [5.41, 5.74) is 3.54. The zero-order valence-corrected chi connectivity index (χ0v) is 12.9. The SMILES string of the molecule is O=C(Cc1nc2ccc(-c3ccsc3)cn2n1)c1cccnc1. The number of carbonyl (C=O) groups excluding carboxylic acids is 1. The molecule has 0 aliphatic rings. The Morgan fingerprint density at radius 3 is 2.91 bits per heavy atom. The van der Waals surface area contributed by atoms with Gasteiger partial charge in [0.1, 0.15) is 0 Å². The van der Waals surface area contributed by atoms with E-state index in [4.69, 9.17) is 0 Å². The Morgan fingerprint density at radius 1 is 1.17 bits per heavy atom. The lowest BCUT2D eigenvalue weighted by molar-refractivity contribution is 0.0990. The normalized spacial score (nSPS) is 11.0. The number of rotatable bonds is 4. The highest BCUT2D eigenvalue weighted by molar-refractivity contribution is 7.08. The van der Waals surface area contributed by atoms with Crippen LogP contribution in [0.5, 0.6) is 0 Å². The van der Waals surface area contributed by atoms with Crippen molar-refractivity contribution in [2.24, 2.45) is 0 Å². The molecular formula is C17H12N4OS. The van der Waals surface area contributed by atoms with Crippen LogP contribution in [0.4, 0.5) is 0 Å². The third-order valence-corrected chi connectivity index (χ3v) is 4.21. The molecular weight excluding hydrogens is 308 g/mol. The summed E-state index contributed by atoms with van der Waals surface area (Å²) < 4.78 is 1.72.